The van der Waals surface area contributed by atoms with Gasteiger partial charge in [-0.25, -0.2) is 0 Å². The SMILES string of the molecule is [Zn].[c-]1ccccc1. The largest absolute Gasteiger partial charge is 0.184 e. The molecule has 1 aromatic rings. The first-order chi connectivity index (χ1) is 3.00. The maximum absolute atomic E-state index is 2.89. The molecule has 32 valence electrons. The first kappa shape index (κ1) is 6.84. The summed E-state index contributed by atoms with van der Waals surface area (Å²) in [5, 5.41) is 0. The van der Waals surface area contributed by atoms with Crippen molar-refractivity contribution >= 4 is 0 Å². The van der Waals surface area contributed by atoms with Crippen molar-refractivity contribution in [3.05, 3.63) is 36.4 Å². The van der Waals surface area contributed by atoms with E-state index < -0.39 is 0 Å². The van der Waals surface area contributed by atoms with E-state index in [9.17, 15) is 0 Å². The number of benzene rings is 1. The summed E-state index contributed by atoms with van der Waals surface area (Å²) >= 11 is 0. The van der Waals surface area contributed by atoms with Gasteiger partial charge in [-0.15, -0.1) is 0 Å². The van der Waals surface area contributed by atoms with Crippen LogP contribution in [0.2, 0.25) is 0 Å². The van der Waals surface area contributed by atoms with Gasteiger partial charge >= 0.3 is 0 Å². The van der Waals surface area contributed by atoms with E-state index in [2.05, 4.69) is 6.07 Å². The molecular formula is C6H5Zn-. The Balaban J connectivity index is 0.000000360. The normalized spacial score (nSPS) is 6.86. The Kier molecular flexibility index (Phi) is 3.92. The first-order valence-corrected chi connectivity index (χ1v) is 1.91. The standard InChI is InChI=1S/C6H5.Zn/c1-2-4-6-5-3-1;/h1-5H;/q-1;. The molecule has 0 saturated carbocycles. The molecule has 0 fully saturated rings. The number of rotatable bonds is 0. The quantitative estimate of drug-likeness (QED) is 0.380. The van der Waals surface area contributed by atoms with E-state index in [0.717, 1.165) is 0 Å². The third-order valence-corrected chi connectivity index (χ3v) is 0.607. The molecule has 0 aliphatic rings. The molecule has 1 heteroatoms. The van der Waals surface area contributed by atoms with Crippen molar-refractivity contribution < 1.29 is 19.5 Å². The van der Waals surface area contributed by atoms with Crippen LogP contribution in [0, 0.1) is 6.07 Å². The van der Waals surface area contributed by atoms with Crippen LogP contribution in [0.15, 0.2) is 30.3 Å². The van der Waals surface area contributed by atoms with E-state index in [1.807, 2.05) is 30.3 Å². The molecule has 7 heavy (non-hydrogen) atoms. The van der Waals surface area contributed by atoms with Crippen LogP contribution in [0.25, 0.3) is 0 Å². The molecule has 0 heterocycles. The zero-order valence-corrected chi connectivity index (χ0v) is 7.06. The van der Waals surface area contributed by atoms with Crippen LogP contribution >= 0.6 is 0 Å². The van der Waals surface area contributed by atoms with Crippen LogP contribution < -0.4 is 0 Å². The van der Waals surface area contributed by atoms with Crippen molar-refractivity contribution in [1.29, 1.82) is 0 Å². The Morgan fingerprint density at radius 1 is 0.857 bits per heavy atom. The Morgan fingerprint density at radius 2 is 1.43 bits per heavy atom. The minimum Gasteiger partial charge on any atom is -0.184 e. The summed E-state index contributed by atoms with van der Waals surface area (Å²) in [7, 11) is 0. The summed E-state index contributed by atoms with van der Waals surface area (Å²) in [4.78, 5) is 0. The summed E-state index contributed by atoms with van der Waals surface area (Å²) in [6, 6.07) is 12.5. The van der Waals surface area contributed by atoms with Crippen molar-refractivity contribution in [2.45, 2.75) is 0 Å². The van der Waals surface area contributed by atoms with Crippen LogP contribution in [0.4, 0.5) is 0 Å². The average molecular weight is 142 g/mol. The van der Waals surface area contributed by atoms with Gasteiger partial charge in [0.05, 0.1) is 0 Å². The molecule has 0 amide bonds. The molecule has 1 aromatic carbocycles. The van der Waals surface area contributed by atoms with Gasteiger partial charge in [-0.05, 0) is 0 Å². The predicted molar refractivity (Wildman–Crippen MR) is 25.3 cm³/mol. The number of hydrogen-bond donors (Lipinski definition) is 0. The zero-order chi connectivity index (χ0) is 4.24. The van der Waals surface area contributed by atoms with Crippen LogP contribution in [0.1, 0.15) is 0 Å². The summed E-state index contributed by atoms with van der Waals surface area (Å²) < 4.78 is 0. The molecule has 0 unspecified atom stereocenters. The van der Waals surface area contributed by atoms with E-state index >= 15 is 0 Å². The molecule has 0 radical (unpaired) electrons. The third-order valence-electron chi connectivity index (χ3n) is 0.607. The Morgan fingerprint density at radius 3 is 1.57 bits per heavy atom. The molecular weight excluding hydrogens is 137 g/mol. The van der Waals surface area contributed by atoms with Crippen LogP contribution in [-0.4, -0.2) is 0 Å². The minimum atomic E-state index is 0. The van der Waals surface area contributed by atoms with Crippen LogP contribution in [0.5, 0.6) is 0 Å². The fourth-order valence-corrected chi connectivity index (χ4v) is 0.342. The first-order valence-electron chi connectivity index (χ1n) is 1.91. The summed E-state index contributed by atoms with van der Waals surface area (Å²) in [6.45, 7) is 0. The average Bonchev–Trinajstić information content (AvgIpc) is 1.72. The molecule has 0 aliphatic carbocycles. The third kappa shape index (κ3) is 2.53. The second-order valence-corrected chi connectivity index (χ2v) is 1.08. The fourth-order valence-electron chi connectivity index (χ4n) is 0.342. The van der Waals surface area contributed by atoms with Crippen molar-refractivity contribution in [2.75, 3.05) is 0 Å². The maximum Gasteiger partial charge on any atom is 0 e. The molecule has 0 saturated heterocycles. The van der Waals surface area contributed by atoms with Gasteiger partial charge in [0.1, 0.15) is 0 Å². The topological polar surface area (TPSA) is 0 Å². The van der Waals surface area contributed by atoms with Crippen molar-refractivity contribution in [1.82, 2.24) is 0 Å². The monoisotopic (exact) mass is 141 g/mol. The molecule has 1 rings (SSSR count). The van der Waals surface area contributed by atoms with Gasteiger partial charge in [-0.2, -0.15) is 36.4 Å². The Hall–Kier alpha value is -0.157. The second kappa shape index (κ2) is 4.01. The summed E-state index contributed by atoms with van der Waals surface area (Å²) in [5.74, 6) is 0. The van der Waals surface area contributed by atoms with Crippen molar-refractivity contribution in [3.8, 4) is 0 Å². The van der Waals surface area contributed by atoms with E-state index in [-0.39, 0.29) is 19.5 Å². The second-order valence-electron chi connectivity index (χ2n) is 1.08. The van der Waals surface area contributed by atoms with E-state index in [0.29, 0.717) is 0 Å². The van der Waals surface area contributed by atoms with Gasteiger partial charge < -0.3 is 0 Å². The van der Waals surface area contributed by atoms with Crippen molar-refractivity contribution in [2.24, 2.45) is 0 Å². The van der Waals surface area contributed by atoms with Gasteiger partial charge in [-0.1, -0.05) is 0 Å². The van der Waals surface area contributed by atoms with Gasteiger partial charge in [0.25, 0.3) is 0 Å². The molecule has 0 nitrogen and oxygen atoms in total. The van der Waals surface area contributed by atoms with Crippen molar-refractivity contribution in [3.63, 3.8) is 0 Å². The Labute approximate surface area is 56.3 Å². The molecule has 0 N–H and O–H groups in total. The molecule has 0 spiro atoms. The van der Waals surface area contributed by atoms with E-state index in [1.54, 1.807) is 0 Å². The van der Waals surface area contributed by atoms with E-state index in [1.165, 1.54) is 0 Å². The van der Waals surface area contributed by atoms with E-state index in [4.69, 9.17) is 0 Å². The zero-order valence-electron chi connectivity index (χ0n) is 4.09. The summed E-state index contributed by atoms with van der Waals surface area (Å²) in [5.41, 5.74) is 0. The van der Waals surface area contributed by atoms with Crippen LogP contribution in [0.3, 0.4) is 0 Å². The fraction of sp³-hybridized carbons (Fsp3) is 0. The van der Waals surface area contributed by atoms with Gasteiger partial charge in [0.2, 0.25) is 0 Å². The maximum atomic E-state index is 2.89. The minimum absolute atomic E-state index is 0. The number of hydrogen-bond acceptors (Lipinski definition) is 0. The Bertz CT molecular complexity index is 76.1. The molecule has 0 aromatic heterocycles. The smallest absolute Gasteiger partial charge is 0 e. The van der Waals surface area contributed by atoms with Gasteiger partial charge in [-0.3, -0.25) is 0 Å². The molecule has 0 atom stereocenters. The molecule has 0 aliphatic heterocycles. The summed E-state index contributed by atoms with van der Waals surface area (Å²) in [6.07, 6.45) is 0. The molecule has 0 bridgehead atoms. The van der Waals surface area contributed by atoms with Gasteiger partial charge in [0, 0.05) is 19.5 Å². The predicted octanol–water partition coefficient (Wildman–Crippen LogP) is 1.48. The van der Waals surface area contributed by atoms with Crippen LogP contribution in [-0.2, 0) is 19.5 Å². The van der Waals surface area contributed by atoms with Gasteiger partial charge in [0.15, 0.2) is 0 Å².